The molecule has 0 radical (unpaired) electrons. The third kappa shape index (κ3) is 3.39. The zero-order valence-electron chi connectivity index (χ0n) is 14.6. The minimum atomic E-state index is -0.765. The highest BCUT2D eigenvalue weighted by Gasteiger charge is 2.52. The van der Waals surface area contributed by atoms with Crippen LogP contribution in [0.3, 0.4) is 0 Å². The van der Waals surface area contributed by atoms with Crippen molar-refractivity contribution in [2.24, 2.45) is 5.41 Å². The number of carbonyl (C=O) groups is 1. The van der Waals surface area contributed by atoms with Crippen LogP contribution < -0.4 is 0 Å². The van der Waals surface area contributed by atoms with Crippen LogP contribution in [0.5, 0.6) is 0 Å². The summed E-state index contributed by atoms with van der Waals surface area (Å²) in [4.78, 5) is 13.5. The summed E-state index contributed by atoms with van der Waals surface area (Å²) < 4.78 is 12.2. The number of hydrogen-bond donors (Lipinski definition) is 1. The lowest BCUT2D eigenvalue weighted by molar-refractivity contribution is -0.147. The van der Waals surface area contributed by atoms with Gasteiger partial charge in [-0.15, -0.1) is 0 Å². The Balaban J connectivity index is 2.03. The van der Waals surface area contributed by atoms with Crippen molar-refractivity contribution in [1.82, 2.24) is 4.90 Å². The van der Waals surface area contributed by atoms with Gasteiger partial charge < -0.3 is 14.4 Å². The van der Waals surface area contributed by atoms with Crippen LogP contribution in [0.25, 0.3) is 0 Å². The largest absolute Gasteiger partial charge is 0.491 e. The van der Waals surface area contributed by atoms with Gasteiger partial charge in [0.05, 0.1) is 16.6 Å². The van der Waals surface area contributed by atoms with Crippen molar-refractivity contribution in [3.05, 3.63) is 11.5 Å². The Hall–Kier alpha value is -0.845. The van der Waals surface area contributed by atoms with Crippen molar-refractivity contribution < 1.29 is 19.2 Å². The van der Waals surface area contributed by atoms with Crippen LogP contribution in [-0.4, -0.2) is 53.9 Å². The molecular weight excluding hydrogens is 281 g/mol. The Morgan fingerprint density at radius 1 is 1.32 bits per heavy atom. The normalized spacial score (nSPS) is 25.2. The first-order valence-electron chi connectivity index (χ1n) is 7.95. The maximum atomic E-state index is 11.3. The van der Waals surface area contributed by atoms with Gasteiger partial charge in [-0.2, -0.15) is 0 Å². The predicted molar refractivity (Wildman–Crippen MR) is 86.6 cm³/mol. The molecule has 0 aliphatic carbocycles. The summed E-state index contributed by atoms with van der Waals surface area (Å²) in [6, 6.07) is 0. The Morgan fingerprint density at radius 2 is 1.86 bits per heavy atom. The van der Waals surface area contributed by atoms with Gasteiger partial charge in [0.2, 0.25) is 0 Å². The zero-order chi connectivity index (χ0) is 16.8. The van der Waals surface area contributed by atoms with E-state index in [0.29, 0.717) is 13.1 Å². The third-order valence-corrected chi connectivity index (χ3v) is 5.01. The van der Waals surface area contributed by atoms with E-state index in [-0.39, 0.29) is 18.3 Å². The molecule has 0 amide bonds. The SMILES string of the molecule is CC(C)(CN1CCC=C(B2OC(C)(C)C(C)(C)O2)C1)C(=O)O. The summed E-state index contributed by atoms with van der Waals surface area (Å²) in [6.07, 6.45) is 3.07. The number of aliphatic carboxylic acids is 1. The van der Waals surface area contributed by atoms with Gasteiger partial charge in [0.25, 0.3) is 0 Å². The Morgan fingerprint density at radius 3 is 2.36 bits per heavy atom. The highest BCUT2D eigenvalue weighted by atomic mass is 16.7. The van der Waals surface area contributed by atoms with Gasteiger partial charge in [0, 0.05) is 19.6 Å². The molecule has 124 valence electrons. The lowest BCUT2D eigenvalue weighted by Gasteiger charge is -2.33. The molecule has 2 aliphatic rings. The Kier molecular flexibility index (Phi) is 4.50. The first-order valence-corrected chi connectivity index (χ1v) is 7.95. The zero-order valence-corrected chi connectivity index (χ0v) is 14.6. The van der Waals surface area contributed by atoms with E-state index in [0.717, 1.165) is 18.4 Å². The smallest absolute Gasteiger partial charge is 0.481 e. The highest BCUT2D eigenvalue weighted by Crippen LogP contribution is 2.39. The quantitative estimate of drug-likeness (QED) is 0.808. The Labute approximate surface area is 133 Å². The molecule has 0 aromatic carbocycles. The van der Waals surface area contributed by atoms with Crippen LogP contribution in [0.15, 0.2) is 11.5 Å². The molecule has 0 saturated carbocycles. The van der Waals surface area contributed by atoms with Gasteiger partial charge >= 0.3 is 13.1 Å². The molecule has 0 unspecified atom stereocenters. The van der Waals surface area contributed by atoms with E-state index in [4.69, 9.17) is 9.31 Å². The molecular formula is C16H28BNO4. The molecule has 0 atom stereocenters. The van der Waals surface area contributed by atoms with Crippen molar-refractivity contribution in [2.75, 3.05) is 19.6 Å². The second-order valence-electron chi connectivity index (χ2n) is 8.06. The second kappa shape index (κ2) is 5.66. The fourth-order valence-electron chi connectivity index (χ4n) is 2.76. The van der Waals surface area contributed by atoms with Crippen LogP contribution in [0, 0.1) is 5.41 Å². The first kappa shape index (κ1) is 17.5. The van der Waals surface area contributed by atoms with E-state index in [1.807, 2.05) is 27.7 Å². The molecule has 1 fully saturated rings. The number of nitrogens with zero attached hydrogens (tertiary/aromatic N) is 1. The van der Waals surface area contributed by atoms with E-state index in [1.54, 1.807) is 13.8 Å². The molecule has 22 heavy (non-hydrogen) atoms. The van der Waals surface area contributed by atoms with Crippen molar-refractivity contribution >= 4 is 13.1 Å². The number of carboxylic acids is 1. The van der Waals surface area contributed by atoms with Crippen molar-refractivity contribution in [1.29, 1.82) is 0 Å². The molecule has 1 N–H and O–H groups in total. The molecule has 2 aliphatic heterocycles. The first-order chi connectivity index (χ1) is 9.95. The molecule has 1 saturated heterocycles. The maximum Gasteiger partial charge on any atom is 0.491 e. The van der Waals surface area contributed by atoms with E-state index in [2.05, 4.69) is 11.0 Å². The van der Waals surface area contributed by atoms with Crippen LogP contribution >= 0.6 is 0 Å². The van der Waals surface area contributed by atoms with Gasteiger partial charge in [-0.25, -0.2) is 0 Å². The topological polar surface area (TPSA) is 59.0 Å². The van der Waals surface area contributed by atoms with Gasteiger partial charge in [-0.3, -0.25) is 9.69 Å². The van der Waals surface area contributed by atoms with Gasteiger partial charge in [0.15, 0.2) is 0 Å². The average Bonchev–Trinajstić information content (AvgIpc) is 2.58. The Bertz CT molecular complexity index is 469. The van der Waals surface area contributed by atoms with E-state index < -0.39 is 11.4 Å². The lowest BCUT2D eigenvalue weighted by Crippen LogP contribution is -2.44. The molecule has 0 aromatic heterocycles. The van der Waals surface area contributed by atoms with Gasteiger partial charge in [-0.05, 0) is 53.4 Å². The lowest BCUT2D eigenvalue weighted by atomic mass is 9.75. The summed E-state index contributed by atoms with van der Waals surface area (Å²) in [6.45, 7) is 13.8. The van der Waals surface area contributed by atoms with Crippen LogP contribution in [0.2, 0.25) is 0 Å². The summed E-state index contributed by atoms with van der Waals surface area (Å²) in [7, 11) is -0.333. The minimum Gasteiger partial charge on any atom is -0.481 e. The van der Waals surface area contributed by atoms with E-state index in [1.165, 1.54) is 0 Å². The van der Waals surface area contributed by atoms with Crippen molar-refractivity contribution in [3.63, 3.8) is 0 Å². The summed E-state index contributed by atoms with van der Waals surface area (Å²) in [5, 5.41) is 9.30. The molecule has 2 rings (SSSR count). The predicted octanol–water partition coefficient (Wildman–Crippen LogP) is 2.36. The molecule has 0 spiro atoms. The van der Waals surface area contributed by atoms with Crippen molar-refractivity contribution in [3.8, 4) is 0 Å². The number of hydrogen-bond acceptors (Lipinski definition) is 4. The monoisotopic (exact) mass is 309 g/mol. The molecule has 6 heteroatoms. The molecule has 0 aromatic rings. The summed E-state index contributed by atoms with van der Waals surface area (Å²) in [5.74, 6) is -0.765. The standard InChI is InChI=1S/C16H28BNO4/c1-14(2,13(19)20)11-18-9-7-8-12(10-18)17-21-15(3,4)16(5,6)22-17/h8H,7,9-11H2,1-6H3,(H,19,20). The second-order valence-corrected chi connectivity index (χ2v) is 8.06. The number of carboxylic acid groups (broad SMARTS) is 1. The summed E-state index contributed by atoms with van der Waals surface area (Å²) in [5.41, 5.74) is -0.341. The summed E-state index contributed by atoms with van der Waals surface area (Å²) >= 11 is 0. The van der Waals surface area contributed by atoms with Gasteiger partial charge in [-0.1, -0.05) is 6.08 Å². The molecule has 2 heterocycles. The minimum absolute atomic E-state index is 0.333. The highest BCUT2D eigenvalue weighted by molar-refractivity contribution is 6.54. The van der Waals surface area contributed by atoms with Crippen LogP contribution in [-0.2, 0) is 14.1 Å². The van der Waals surface area contributed by atoms with Crippen molar-refractivity contribution in [2.45, 2.75) is 59.2 Å². The van der Waals surface area contributed by atoms with Crippen LogP contribution in [0.4, 0.5) is 0 Å². The van der Waals surface area contributed by atoms with E-state index in [9.17, 15) is 9.90 Å². The molecule has 5 nitrogen and oxygen atoms in total. The fraction of sp³-hybridized carbons (Fsp3) is 0.812. The third-order valence-electron chi connectivity index (χ3n) is 5.01. The maximum absolute atomic E-state index is 11.3. The average molecular weight is 309 g/mol. The molecule has 0 bridgehead atoms. The van der Waals surface area contributed by atoms with Gasteiger partial charge in [0.1, 0.15) is 0 Å². The van der Waals surface area contributed by atoms with E-state index >= 15 is 0 Å². The van der Waals surface area contributed by atoms with Crippen LogP contribution in [0.1, 0.15) is 48.0 Å². The fourth-order valence-corrected chi connectivity index (χ4v) is 2.76. The number of rotatable bonds is 4.